The maximum Gasteiger partial charge on any atom is 0.263 e. The Kier molecular flexibility index (Phi) is 7.10. The third-order valence-electron chi connectivity index (χ3n) is 3.83. The van der Waals surface area contributed by atoms with E-state index < -0.39 is 10.0 Å². The van der Waals surface area contributed by atoms with Crippen molar-refractivity contribution in [2.45, 2.75) is 25.2 Å². The van der Waals surface area contributed by atoms with Gasteiger partial charge < -0.3 is 10.1 Å². The summed E-state index contributed by atoms with van der Waals surface area (Å²) in [4.78, 5) is 12.1. The first-order valence-electron chi connectivity index (χ1n) is 8.47. The second-order valence-electron chi connectivity index (χ2n) is 6.42. The molecule has 2 aromatic carbocycles. The number of carbonyl (C=O) groups excluding carboxylic acids is 1. The van der Waals surface area contributed by atoms with Crippen LogP contribution in [0.1, 0.15) is 30.6 Å². The van der Waals surface area contributed by atoms with E-state index in [0.717, 1.165) is 6.42 Å². The van der Waals surface area contributed by atoms with Gasteiger partial charge in [0.15, 0.2) is 0 Å². The highest BCUT2D eigenvalue weighted by molar-refractivity contribution is 7.92. The normalized spacial score (nSPS) is 11.3. The van der Waals surface area contributed by atoms with Crippen molar-refractivity contribution in [3.8, 4) is 5.75 Å². The third kappa shape index (κ3) is 5.87. The van der Waals surface area contributed by atoms with E-state index in [9.17, 15) is 13.2 Å². The zero-order valence-electron chi connectivity index (χ0n) is 15.5. The summed E-state index contributed by atoms with van der Waals surface area (Å²) in [7, 11) is -2.43. The molecule has 0 spiro atoms. The standard InChI is InChI=1S/C19H23ClN2O4S/c1-13(2)10-11-21-19(23)14-4-9-17(20)18(12-14)27(24,25)22-15-5-7-16(26-3)8-6-15/h4-9,12-13,22H,10-11H2,1-3H3,(H,21,23). The molecule has 0 aromatic heterocycles. The minimum Gasteiger partial charge on any atom is -0.497 e. The summed E-state index contributed by atoms with van der Waals surface area (Å²) in [6, 6.07) is 10.6. The molecular weight excluding hydrogens is 388 g/mol. The van der Waals surface area contributed by atoms with E-state index in [4.69, 9.17) is 16.3 Å². The molecule has 1 amide bonds. The molecule has 0 aliphatic rings. The number of sulfonamides is 1. The van der Waals surface area contributed by atoms with Crippen molar-refractivity contribution in [1.82, 2.24) is 5.32 Å². The van der Waals surface area contributed by atoms with Crippen LogP contribution in [0, 0.1) is 5.92 Å². The Bertz CT molecular complexity index is 896. The van der Waals surface area contributed by atoms with Gasteiger partial charge >= 0.3 is 0 Å². The number of halogens is 1. The highest BCUT2D eigenvalue weighted by atomic mass is 35.5. The largest absolute Gasteiger partial charge is 0.497 e. The lowest BCUT2D eigenvalue weighted by molar-refractivity contribution is 0.0952. The fourth-order valence-electron chi connectivity index (χ4n) is 2.30. The maximum absolute atomic E-state index is 12.7. The number of carbonyl (C=O) groups is 1. The highest BCUT2D eigenvalue weighted by Crippen LogP contribution is 2.26. The minimum absolute atomic E-state index is 0.0368. The van der Waals surface area contributed by atoms with Gasteiger partial charge in [0.05, 0.1) is 12.1 Å². The van der Waals surface area contributed by atoms with Crippen LogP contribution >= 0.6 is 11.6 Å². The molecule has 2 N–H and O–H groups in total. The van der Waals surface area contributed by atoms with Crippen molar-refractivity contribution < 1.29 is 17.9 Å². The molecule has 0 aliphatic heterocycles. The number of rotatable bonds is 8. The number of ether oxygens (including phenoxy) is 1. The summed E-state index contributed by atoms with van der Waals surface area (Å²) in [5, 5.41) is 2.82. The zero-order valence-corrected chi connectivity index (χ0v) is 17.0. The van der Waals surface area contributed by atoms with Crippen LogP contribution in [0.3, 0.4) is 0 Å². The molecule has 146 valence electrons. The Hall–Kier alpha value is -2.25. The van der Waals surface area contributed by atoms with Gasteiger partial charge in [-0.2, -0.15) is 0 Å². The molecule has 8 heteroatoms. The monoisotopic (exact) mass is 410 g/mol. The molecular formula is C19H23ClN2O4S. The molecule has 0 saturated carbocycles. The predicted octanol–water partition coefficient (Wildman–Crippen LogP) is 3.93. The quantitative estimate of drug-likeness (QED) is 0.690. The van der Waals surface area contributed by atoms with Crippen LogP contribution in [0.15, 0.2) is 47.4 Å². The summed E-state index contributed by atoms with van der Waals surface area (Å²) in [5.74, 6) is 0.726. The molecule has 0 saturated heterocycles. The number of hydrogen-bond donors (Lipinski definition) is 2. The van der Waals surface area contributed by atoms with Gasteiger partial charge in [-0.1, -0.05) is 25.4 Å². The van der Waals surface area contributed by atoms with Crippen LogP contribution in [-0.2, 0) is 10.0 Å². The number of hydrogen-bond acceptors (Lipinski definition) is 4. The molecule has 27 heavy (non-hydrogen) atoms. The average molecular weight is 411 g/mol. The Balaban J connectivity index is 2.21. The first-order chi connectivity index (χ1) is 12.7. The van der Waals surface area contributed by atoms with E-state index >= 15 is 0 Å². The zero-order chi connectivity index (χ0) is 20.0. The van der Waals surface area contributed by atoms with Crippen LogP contribution in [0.25, 0.3) is 0 Å². The lowest BCUT2D eigenvalue weighted by Crippen LogP contribution is -2.25. The van der Waals surface area contributed by atoms with Crippen molar-refractivity contribution >= 4 is 33.2 Å². The van der Waals surface area contributed by atoms with Crippen LogP contribution < -0.4 is 14.8 Å². The molecule has 2 rings (SSSR count). The number of methoxy groups -OCH3 is 1. The van der Waals surface area contributed by atoms with Crippen molar-refractivity contribution in [2.75, 3.05) is 18.4 Å². The number of anilines is 1. The Labute approximate surface area is 164 Å². The second-order valence-corrected chi connectivity index (χ2v) is 8.48. The first kappa shape index (κ1) is 21.1. The second kappa shape index (κ2) is 9.10. The Morgan fingerprint density at radius 3 is 2.41 bits per heavy atom. The molecule has 6 nitrogen and oxygen atoms in total. The fourth-order valence-corrected chi connectivity index (χ4v) is 3.88. The third-order valence-corrected chi connectivity index (χ3v) is 5.70. The van der Waals surface area contributed by atoms with E-state index in [1.807, 2.05) is 0 Å². The average Bonchev–Trinajstić information content (AvgIpc) is 2.61. The predicted molar refractivity (Wildman–Crippen MR) is 107 cm³/mol. The fraction of sp³-hybridized carbons (Fsp3) is 0.316. The summed E-state index contributed by atoms with van der Waals surface area (Å²) >= 11 is 6.07. The van der Waals surface area contributed by atoms with Gasteiger partial charge in [0, 0.05) is 17.8 Å². The van der Waals surface area contributed by atoms with Crippen LogP contribution in [0.5, 0.6) is 5.75 Å². The molecule has 0 atom stereocenters. The molecule has 2 aromatic rings. The Morgan fingerprint density at radius 2 is 1.81 bits per heavy atom. The van der Waals surface area contributed by atoms with Crippen molar-refractivity contribution in [2.24, 2.45) is 5.92 Å². The number of nitrogens with one attached hydrogen (secondary N) is 2. The van der Waals surface area contributed by atoms with Gasteiger partial charge in [-0.3, -0.25) is 9.52 Å². The van der Waals surface area contributed by atoms with Crippen molar-refractivity contribution in [1.29, 1.82) is 0 Å². The van der Waals surface area contributed by atoms with Crippen molar-refractivity contribution in [3.05, 3.63) is 53.1 Å². The summed E-state index contributed by atoms with van der Waals surface area (Å²) in [6.07, 6.45) is 0.837. The first-order valence-corrected chi connectivity index (χ1v) is 10.3. The SMILES string of the molecule is COc1ccc(NS(=O)(=O)c2cc(C(=O)NCCC(C)C)ccc2Cl)cc1. The van der Waals surface area contributed by atoms with Crippen molar-refractivity contribution in [3.63, 3.8) is 0 Å². The summed E-state index contributed by atoms with van der Waals surface area (Å²) < 4.78 is 32.9. The van der Waals surface area contributed by atoms with E-state index in [2.05, 4.69) is 23.9 Å². The van der Waals surface area contributed by atoms with Gasteiger partial charge in [0.1, 0.15) is 10.6 Å². The Morgan fingerprint density at radius 1 is 1.15 bits per heavy atom. The smallest absolute Gasteiger partial charge is 0.263 e. The van der Waals surface area contributed by atoms with Gasteiger partial charge in [-0.05, 0) is 54.8 Å². The lowest BCUT2D eigenvalue weighted by atomic mass is 10.1. The molecule has 0 radical (unpaired) electrons. The topological polar surface area (TPSA) is 84.5 Å². The van der Waals surface area contributed by atoms with Crippen LogP contribution in [0.4, 0.5) is 5.69 Å². The van der Waals surface area contributed by atoms with Gasteiger partial charge in [-0.15, -0.1) is 0 Å². The van der Waals surface area contributed by atoms with Crippen LogP contribution in [-0.4, -0.2) is 28.0 Å². The number of amides is 1. The lowest BCUT2D eigenvalue weighted by Gasteiger charge is -2.12. The van der Waals surface area contributed by atoms with E-state index in [1.165, 1.54) is 25.3 Å². The van der Waals surface area contributed by atoms with E-state index in [1.54, 1.807) is 24.3 Å². The van der Waals surface area contributed by atoms with Crippen LogP contribution in [0.2, 0.25) is 5.02 Å². The van der Waals surface area contributed by atoms with Gasteiger partial charge in [0.25, 0.3) is 15.9 Å². The maximum atomic E-state index is 12.7. The van der Waals surface area contributed by atoms with Gasteiger partial charge in [-0.25, -0.2) is 8.42 Å². The summed E-state index contributed by atoms with van der Waals surface area (Å²) in [6.45, 7) is 4.64. The highest BCUT2D eigenvalue weighted by Gasteiger charge is 2.20. The molecule has 0 fully saturated rings. The molecule has 0 aliphatic carbocycles. The van der Waals surface area contributed by atoms with E-state index in [-0.39, 0.29) is 21.4 Å². The minimum atomic E-state index is -3.96. The summed E-state index contributed by atoms with van der Waals surface area (Å²) in [5.41, 5.74) is 0.594. The molecule has 0 unspecified atom stereocenters. The number of benzene rings is 2. The van der Waals surface area contributed by atoms with E-state index in [0.29, 0.717) is 23.9 Å². The molecule has 0 bridgehead atoms. The van der Waals surface area contributed by atoms with Gasteiger partial charge in [0.2, 0.25) is 0 Å². The molecule has 0 heterocycles.